The predicted molar refractivity (Wildman–Crippen MR) is 75.7 cm³/mol. The third-order valence-corrected chi connectivity index (χ3v) is 2.60. The SMILES string of the molecule is CCOc1ncnc(NCc2ccc(OC)nc2)c1N. The Labute approximate surface area is 117 Å². The van der Waals surface area contributed by atoms with Crippen LogP contribution in [0.2, 0.25) is 0 Å². The molecule has 0 amide bonds. The maximum Gasteiger partial charge on any atom is 0.242 e. The van der Waals surface area contributed by atoms with Gasteiger partial charge in [0.05, 0.1) is 13.7 Å². The molecule has 0 radical (unpaired) electrons. The van der Waals surface area contributed by atoms with Gasteiger partial charge in [0.1, 0.15) is 12.0 Å². The summed E-state index contributed by atoms with van der Waals surface area (Å²) in [4.78, 5) is 12.2. The highest BCUT2D eigenvalue weighted by atomic mass is 16.5. The normalized spacial score (nSPS) is 10.1. The molecule has 0 saturated heterocycles. The van der Waals surface area contributed by atoms with Gasteiger partial charge in [-0.3, -0.25) is 0 Å². The fourth-order valence-electron chi connectivity index (χ4n) is 1.59. The summed E-state index contributed by atoms with van der Waals surface area (Å²) in [5, 5.41) is 3.13. The van der Waals surface area contributed by atoms with Gasteiger partial charge in [-0.15, -0.1) is 0 Å². The Morgan fingerprint density at radius 3 is 2.75 bits per heavy atom. The molecule has 2 aromatic rings. The van der Waals surface area contributed by atoms with Crippen LogP contribution in [-0.4, -0.2) is 28.7 Å². The molecule has 0 unspecified atom stereocenters. The van der Waals surface area contributed by atoms with Crippen molar-refractivity contribution in [1.82, 2.24) is 15.0 Å². The Morgan fingerprint density at radius 1 is 1.25 bits per heavy atom. The van der Waals surface area contributed by atoms with Crippen molar-refractivity contribution in [1.29, 1.82) is 0 Å². The lowest BCUT2D eigenvalue weighted by Crippen LogP contribution is -2.08. The molecule has 0 atom stereocenters. The van der Waals surface area contributed by atoms with Crippen molar-refractivity contribution in [2.45, 2.75) is 13.5 Å². The van der Waals surface area contributed by atoms with Crippen molar-refractivity contribution in [2.24, 2.45) is 0 Å². The predicted octanol–water partition coefficient (Wildman–Crippen LogP) is 1.47. The summed E-state index contributed by atoms with van der Waals surface area (Å²) in [5.74, 6) is 1.51. The molecular formula is C13H17N5O2. The van der Waals surface area contributed by atoms with Crippen molar-refractivity contribution in [3.8, 4) is 11.8 Å². The summed E-state index contributed by atoms with van der Waals surface area (Å²) >= 11 is 0. The van der Waals surface area contributed by atoms with Crippen LogP contribution in [0.4, 0.5) is 11.5 Å². The highest BCUT2D eigenvalue weighted by molar-refractivity contribution is 5.66. The maximum absolute atomic E-state index is 5.93. The first-order valence-corrected chi connectivity index (χ1v) is 6.20. The Hall–Kier alpha value is -2.57. The number of pyridine rings is 1. The number of methoxy groups -OCH3 is 1. The molecule has 7 heteroatoms. The smallest absolute Gasteiger partial charge is 0.242 e. The summed E-state index contributed by atoms with van der Waals surface area (Å²) in [6, 6.07) is 3.71. The molecule has 20 heavy (non-hydrogen) atoms. The summed E-state index contributed by atoms with van der Waals surface area (Å²) in [7, 11) is 1.58. The molecule has 0 saturated carbocycles. The third-order valence-electron chi connectivity index (χ3n) is 2.60. The Balaban J connectivity index is 2.04. The first-order valence-electron chi connectivity index (χ1n) is 6.20. The van der Waals surface area contributed by atoms with Gasteiger partial charge in [0.25, 0.3) is 0 Å². The number of rotatable bonds is 6. The number of nitrogen functional groups attached to an aromatic ring is 1. The highest BCUT2D eigenvalue weighted by Crippen LogP contribution is 2.24. The zero-order chi connectivity index (χ0) is 14.4. The maximum atomic E-state index is 5.93. The number of nitrogens with zero attached hydrogens (tertiary/aromatic N) is 3. The minimum atomic E-state index is 0.387. The van der Waals surface area contributed by atoms with Crippen LogP contribution < -0.4 is 20.5 Å². The molecule has 0 aliphatic heterocycles. The Kier molecular flexibility index (Phi) is 4.54. The van der Waals surface area contributed by atoms with E-state index < -0.39 is 0 Å². The van der Waals surface area contributed by atoms with E-state index in [1.807, 2.05) is 13.0 Å². The van der Waals surface area contributed by atoms with E-state index in [1.54, 1.807) is 19.4 Å². The van der Waals surface area contributed by atoms with Gasteiger partial charge in [0, 0.05) is 18.8 Å². The minimum Gasteiger partial charge on any atom is -0.481 e. The molecule has 106 valence electrons. The minimum absolute atomic E-state index is 0.387. The molecular weight excluding hydrogens is 258 g/mol. The number of ether oxygens (including phenoxy) is 2. The van der Waals surface area contributed by atoms with E-state index in [4.69, 9.17) is 15.2 Å². The van der Waals surface area contributed by atoms with E-state index >= 15 is 0 Å². The number of aromatic nitrogens is 3. The average molecular weight is 275 g/mol. The van der Waals surface area contributed by atoms with Crippen LogP contribution in [0, 0.1) is 0 Å². The molecule has 0 aliphatic carbocycles. The van der Waals surface area contributed by atoms with Gasteiger partial charge < -0.3 is 20.5 Å². The van der Waals surface area contributed by atoms with Crippen LogP contribution >= 0.6 is 0 Å². The fourth-order valence-corrected chi connectivity index (χ4v) is 1.59. The average Bonchev–Trinajstić information content (AvgIpc) is 2.49. The number of nitrogens with one attached hydrogen (secondary N) is 1. The molecule has 2 aromatic heterocycles. The molecule has 7 nitrogen and oxygen atoms in total. The van der Waals surface area contributed by atoms with Crippen LogP contribution in [0.15, 0.2) is 24.7 Å². The number of hydrogen-bond acceptors (Lipinski definition) is 7. The zero-order valence-corrected chi connectivity index (χ0v) is 11.5. The Morgan fingerprint density at radius 2 is 2.10 bits per heavy atom. The van der Waals surface area contributed by atoms with E-state index in [0.29, 0.717) is 36.4 Å². The summed E-state index contributed by atoms with van der Waals surface area (Å²) < 4.78 is 10.3. The van der Waals surface area contributed by atoms with Gasteiger partial charge in [-0.1, -0.05) is 6.07 Å². The van der Waals surface area contributed by atoms with Crippen LogP contribution in [0.5, 0.6) is 11.8 Å². The van der Waals surface area contributed by atoms with Gasteiger partial charge in [0.15, 0.2) is 5.82 Å². The van der Waals surface area contributed by atoms with Crippen molar-refractivity contribution in [3.05, 3.63) is 30.2 Å². The van der Waals surface area contributed by atoms with Crippen LogP contribution in [0.1, 0.15) is 12.5 Å². The topological polar surface area (TPSA) is 95.2 Å². The largest absolute Gasteiger partial charge is 0.481 e. The molecule has 0 bridgehead atoms. The van der Waals surface area contributed by atoms with E-state index in [2.05, 4.69) is 20.3 Å². The number of hydrogen-bond donors (Lipinski definition) is 2. The lowest BCUT2D eigenvalue weighted by molar-refractivity contribution is 0.328. The quantitative estimate of drug-likeness (QED) is 0.824. The zero-order valence-electron chi connectivity index (χ0n) is 11.5. The van der Waals surface area contributed by atoms with Crippen molar-refractivity contribution in [3.63, 3.8) is 0 Å². The first-order chi connectivity index (χ1) is 9.74. The second kappa shape index (κ2) is 6.55. The fraction of sp³-hybridized carbons (Fsp3) is 0.308. The highest BCUT2D eigenvalue weighted by Gasteiger charge is 2.08. The molecule has 0 aliphatic rings. The Bertz CT molecular complexity index is 559. The number of nitrogens with two attached hydrogens (primary N) is 1. The van der Waals surface area contributed by atoms with E-state index in [0.717, 1.165) is 5.56 Å². The summed E-state index contributed by atoms with van der Waals surface area (Å²) in [6.07, 6.45) is 3.14. The molecule has 2 rings (SSSR count). The molecule has 0 fully saturated rings. The monoisotopic (exact) mass is 275 g/mol. The third kappa shape index (κ3) is 3.25. The summed E-state index contributed by atoms with van der Waals surface area (Å²) in [5.41, 5.74) is 7.32. The molecule has 3 N–H and O–H groups in total. The second-order valence-electron chi connectivity index (χ2n) is 3.94. The molecule has 0 aromatic carbocycles. The van der Waals surface area contributed by atoms with Crippen LogP contribution in [-0.2, 0) is 6.54 Å². The van der Waals surface area contributed by atoms with Gasteiger partial charge in [-0.2, -0.15) is 4.98 Å². The van der Waals surface area contributed by atoms with E-state index in [1.165, 1.54) is 6.33 Å². The van der Waals surface area contributed by atoms with E-state index in [-0.39, 0.29) is 0 Å². The van der Waals surface area contributed by atoms with Crippen molar-refractivity contribution < 1.29 is 9.47 Å². The lowest BCUT2D eigenvalue weighted by atomic mass is 10.3. The van der Waals surface area contributed by atoms with Gasteiger partial charge >= 0.3 is 0 Å². The van der Waals surface area contributed by atoms with Crippen molar-refractivity contribution >= 4 is 11.5 Å². The molecule has 0 spiro atoms. The second-order valence-corrected chi connectivity index (χ2v) is 3.94. The standard InChI is InChI=1S/C13H17N5O2/c1-3-20-13-11(14)12(17-8-18-13)16-7-9-4-5-10(19-2)15-6-9/h4-6,8H,3,7,14H2,1-2H3,(H,16,17,18). The summed E-state index contributed by atoms with van der Waals surface area (Å²) in [6.45, 7) is 2.92. The first kappa shape index (κ1) is 13.9. The van der Waals surface area contributed by atoms with Crippen molar-refractivity contribution in [2.75, 3.05) is 24.8 Å². The van der Waals surface area contributed by atoms with Gasteiger partial charge in [-0.25, -0.2) is 9.97 Å². The van der Waals surface area contributed by atoms with Gasteiger partial charge in [0.2, 0.25) is 11.8 Å². The van der Waals surface area contributed by atoms with Gasteiger partial charge in [-0.05, 0) is 12.5 Å². The number of anilines is 2. The van der Waals surface area contributed by atoms with Crippen LogP contribution in [0.25, 0.3) is 0 Å². The lowest BCUT2D eigenvalue weighted by Gasteiger charge is -2.11. The van der Waals surface area contributed by atoms with Crippen LogP contribution in [0.3, 0.4) is 0 Å². The van der Waals surface area contributed by atoms with E-state index in [9.17, 15) is 0 Å². The molecule has 2 heterocycles.